The predicted octanol–water partition coefficient (Wildman–Crippen LogP) is 2.36. The zero-order valence-corrected chi connectivity index (χ0v) is 12.9. The van der Waals surface area contributed by atoms with Crippen LogP contribution in [0.25, 0.3) is 0 Å². The molecule has 0 saturated heterocycles. The second-order valence-corrected chi connectivity index (χ2v) is 5.38. The lowest BCUT2D eigenvalue weighted by molar-refractivity contribution is 0.0754. The number of amides is 1. The molecule has 0 saturated carbocycles. The highest BCUT2D eigenvalue weighted by Crippen LogP contribution is 2.15. The number of rotatable bonds is 7. The molecule has 0 aliphatic carbocycles. The number of halogens is 1. The summed E-state index contributed by atoms with van der Waals surface area (Å²) in [4.78, 5) is 15.8. The third-order valence-corrected chi connectivity index (χ3v) is 2.87. The van der Waals surface area contributed by atoms with Gasteiger partial charge in [-0.3, -0.25) is 4.79 Å². The fourth-order valence-electron chi connectivity index (χ4n) is 1.47. The van der Waals surface area contributed by atoms with Gasteiger partial charge in [0.25, 0.3) is 5.91 Å². The molecular weight excluding hydrogens is 310 g/mol. The van der Waals surface area contributed by atoms with Gasteiger partial charge in [-0.05, 0) is 48.7 Å². The number of pyridine rings is 1. The van der Waals surface area contributed by atoms with E-state index in [0.717, 1.165) is 17.3 Å². The van der Waals surface area contributed by atoms with Crippen LogP contribution in [0.15, 0.2) is 16.7 Å². The number of unbranched alkanes of at least 4 members (excludes halogenated alkanes) is 1. The summed E-state index contributed by atoms with van der Waals surface area (Å²) < 4.78 is 6.15. The van der Waals surface area contributed by atoms with E-state index >= 15 is 0 Å². The van der Waals surface area contributed by atoms with Crippen molar-refractivity contribution in [3.8, 4) is 0 Å². The van der Waals surface area contributed by atoms with E-state index in [1.807, 2.05) is 13.8 Å². The molecule has 1 heterocycles. The average molecular weight is 330 g/mol. The van der Waals surface area contributed by atoms with Crippen molar-refractivity contribution in [1.29, 1.82) is 0 Å². The van der Waals surface area contributed by atoms with E-state index in [1.54, 1.807) is 12.3 Å². The minimum atomic E-state index is -0.198. The molecule has 1 rings (SSSR count). The fourth-order valence-corrected chi connectivity index (χ4v) is 1.81. The average Bonchev–Trinajstić information content (AvgIpc) is 2.36. The summed E-state index contributed by atoms with van der Waals surface area (Å²) in [5.74, 6) is 0.0416. The quantitative estimate of drug-likeness (QED) is 0.753. The third kappa shape index (κ3) is 6.02. The predicted molar refractivity (Wildman–Crippen MR) is 79.0 cm³/mol. The molecule has 0 aliphatic heterocycles. The standard InChI is InChI=1S/C13H20BrN3O2/c1-9(2)19-6-4-3-5-16-13(18)11-7-10(14)8-17-12(11)15/h7-9H,3-6H2,1-2H3,(H2,15,17)(H,16,18). The van der Waals surface area contributed by atoms with Crippen LogP contribution in [-0.2, 0) is 4.74 Å². The van der Waals surface area contributed by atoms with E-state index in [-0.39, 0.29) is 17.8 Å². The number of nitrogen functional groups attached to an aromatic ring is 1. The van der Waals surface area contributed by atoms with Gasteiger partial charge in [-0.2, -0.15) is 0 Å². The Kier molecular flexibility index (Phi) is 6.80. The van der Waals surface area contributed by atoms with E-state index in [0.29, 0.717) is 18.7 Å². The monoisotopic (exact) mass is 329 g/mol. The molecule has 1 aromatic heterocycles. The van der Waals surface area contributed by atoms with Gasteiger partial charge in [0.15, 0.2) is 0 Å². The number of carbonyl (C=O) groups is 1. The van der Waals surface area contributed by atoms with Crippen LogP contribution in [0.4, 0.5) is 5.82 Å². The Bertz CT molecular complexity index is 424. The van der Waals surface area contributed by atoms with Gasteiger partial charge in [0, 0.05) is 23.8 Å². The Hall–Kier alpha value is -1.14. The molecule has 6 heteroatoms. The summed E-state index contributed by atoms with van der Waals surface area (Å²) in [6.07, 6.45) is 3.61. The molecule has 0 fully saturated rings. The molecule has 0 aromatic carbocycles. The van der Waals surface area contributed by atoms with Crippen LogP contribution < -0.4 is 11.1 Å². The number of carbonyl (C=O) groups excluding carboxylic acids is 1. The van der Waals surface area contributed by atoms with Crippen LogP contribution in [0.1, 0.15) is 37.0 Å². The first kappa shape index (κ1) is 15.9. The lowest BCUT2D eigenvalue weighted by atomic mass is 10.2. The van der Waals surface area contributed by atoms with Gasteiger partial charge in [-0.25, -0.2) is 4.98 Å². The molecular formula is C13H20BrN3O2. The zero-order chi connectivity index (χ0) is 14.3. The van der Waals surface area contributed by atoms with Gasteiger partial charge in [0.2, 0.25) is 0 Å². The zero-order valence-electron chi connectivity index (χ0n) is 11.3. The van der Waals surface area contributed by atoms with Gasteiger partial charge in [-0.15, -0.1) is 0 Å². The highest BCUT2D eigenvalue weighted by molar-refractivity contribution is 9.10. The highest BCUT2D eigenvalue weighted by atomic mass is 79.9. The summed E-state index contributed by atoms with van der Waals surface area (Å²) in [6, 6.07) is 1.67. The Balaban J connectivity index is 2.29. The smallest absolute Gasteiger partial charge is 0.255 e. The first-order valence-corrected chi connectivity index (χ1v) is 7.11. The number of hydrogen-bond donors (Lipinski definition) is 2. The van der Waals surface area contributed by atoms with Crippen molar-refractivity contribution in [3.05, 3.63) is 22.3 Å². The van der Waals surface area contributed by atoms with E-state index < -0.39 is 0 Å². The molecule has 0 spiro atoms. The van der Waals surface area contributed by atoms with E-state index in [4.69, 9.17) is 10.5 Å². The van der Waals surface area contributed by atoms with Crippen LogP contribution >= 0.6 is 15.9 Å². The number of aromatic nitrogens is 1. The van der Waals surface area contributed by atoms with Gasteiger partial charge in [0.1, 0.15) is 5.82 Å². The summed E-state index contributed by atoms with van der Waals surface area (Å²) in [6.45, 7) is 5.33. The molecule has 3 N–H and O–H groups in total. The topological polar surface area (TPSA) is 77.2 Å². The molecule has 5 nitrogen and oxygen atoms in total. The number of ether oxygens (including phenoxy) is 1. The second-order valence-electron chi connectivity index (χ2n) is 4.47. The SMILES string of the molecule is CC(C)OCCCCNC(=O)c1cc(Br)cnc1N. The first-order valence-electron chi connectivity index (χ1n) is 6.31. The maximum atomic E-state index is 11.9. The van der Waals surface area contributed by atoms with Crippen LogP contribution in [0.2, 0.25) is 0 Å². The first-order chi connectivity index (χ1) is 9.00. The van der Waals surface area contributed by atoms with Gasteiger partial charge in [0.05, 0.1) is 11.7 Å². The van der Waals surface area contributed by atoms with Crippen LogP contribution in [-0.4, -0.2) is 30.1 Å². The number of anilines is 1. The highest BCUT2D eigenvalue weighted by Gasteiger charge is 2.10. The van der Waals surface area contributed by atoms with Gasteiger partial charge in [-0.1, -0.05) is 0 Å². The molecule has 0 bridgehead atoms. The molecule has 0 atom stereocenters. The summed E-state index contributed by atoms with van der Waals surface area (Å²) in [5, 5.41) is 2.82. The van der Waals surface area contributed by atoms with Gasteiger partial charge >= 0.3 is 0 Å². The van der Waals surface area contributed by atoms with Crippen LogP contribution in [0, 0.1) is 0 Å². The van der Waals surface area contributed by atoms with Crippen molar-refractivity contribution >= 4 is 27.7 Å². The Morgan fingerprint density at radius 2 is 2.26 bits per heavy atom. The van der Waals surface area contributed by atoms with Gasteiger partial charge < -0.3 is 15.8 Å². The van der Waals surface area contributed by atoms with Crippen LogP contribution in [0.5, 0.6) is 0 Å². The normalized spacial score (nSPS) is 10.7. The summed E-state index contributed by atoms with van der Waals surface area (Å²) in [7, 11) is 0. The van der Waals surface area contributed by atoms with Crippen molar-refractivity contribution < 1.29 is 9.53 Å². The summed E-state index contributed by atoms with van der Waals surface area (Å²) in [5.41, 5.74) is 6.06. The Morgan fingerprint density at radius 1 is 1.53 bits per heavy atom. The lowest BCUT2D eigenvalue weighted by Gasteiger charge is -2.09. The van der Waals surface area contributed by atoms with E-state index in [2.05, 4.69) is 26.2 Å². The third-order valence-electron chi connectivity index (χ3n) is 2.44. The molecule has 0 unspecified atom stereocenters. The number of nitrogens with zero attached hydrogens (tertiary/aromatic N) is 1. The molecule has 1 amide bonds. The maximum Gasteiger partial charge on any atom is 0.255 e. The Labute approximate surface area is 122 Å². The fraction of sp³-hybridized carbons (Fsp3) is 0.538. The van der Waals surface area contributed by atoms with Crippen molar-refractivity contribution in [1.82, 2.24) is 10.3 Å². The molecule has 0 aliphatic rings. The molecule has 1 aromatic rings. The van der Waals surface area contributed by atoms with E-state index in [9.17, 15) is 4.79 Å². The lowest BCUT2D eigenvalue weighted by Crippen LogP contribution is -2.26. The molecule has 19 heavy (non-hydrogen) atoms. The van der Waals surface area contributed by atoms with Crippen molar-refractivity contribution in [2.45, 2.75) is 32.8 Å². The second kappa shape index (κ2) is 8.12. The molecule has 0 radical (unpaired) electrons. The largest absolute Gasteiger partial charge is 0.383 e. The maximum absolute atomic E-state index is 11.9. The van der Waals surface area contributed by atoms with Crippen molar-refractivity contribution in [2.24, 2.45) is 0 Å². The van der Waals surface area contributed by atoms with Crippen LogP contribution in [0.3, 0.4) is 0 Å². The Morgan fingerprint density at radius 3 is 2.95 bits per heavy atom. The minimum Gasteiger partial charge on any atom is -0.383 e. The van der Waals surface area contributed by atoms with E-state index in [1.165, 1.54) is 0 Å². The minimum absolute atomic E-state index is 0.198. The van der Waals surface area contributed by atoms with Crippen molar-refractivity contribution in [2.75, 3.05) is 18.9 Å². The van der Waals surface area contributed by atoms with Crippen molar-refractivity contribution in [3.63, 3.8) is 0 Å². The number of hydrogen-bond acceptors (Lipinski definition) is 4. The number of nitrogens with two attached hydrogens (primary N) is 1. The molecule has 106 valence electrons. The number of nitrogens with one attached hydrogen (secondary N) is 1. The summed E-state index contributed by atoms with van der Waals surface area (Å²) >= 11 is 3.27.